The minimum Gasteiger partial charge on any atom is -0.506 e. The van der Waals surface area contributed by atoms with Crippen molar-refractivity contribution in [3.8, 4) is 5.75 Å². The maximum absolute atomic E-state index is 13.1. The summed E-state index contributed by atoms with van der Waals surface area (Å²) in [5.74, 6) is -0.952. The van der Waals surface area contributed by atoms with E-state index in [1.165, 1.54) is 11.3 Å². The van der Waals surface area contributed by atoms with Crippen LogP contribution in [0.4, 0.5) is 5.13 Å². The van der Waals surface area contributed by atoms with E-state index in [1.807, 2.05) is 38.1 Å². The molecule has 2 N–H and O–H groups in total. The number of fused-ring (bicyclic) bond motifs is 2. The van der Waals surface area contributed by atoms with Crippen molar-refractivity contribution in [2.75, 3.05) is 5.32 Å². The number of rotatable bonds is 5. The SMILES string of the molecule is CCCCn1c(=O)c(C(=O)Nc2nc3ccc(C)cc3s2)c(O)c2ccccc21. The third-order valence-corrected chi connectivity index (χ3v) is 5.81. The zero-order valence-electron chi connectivity index (χ0n) is 16.2. The lowest BCUT2D eigenvalue weighted by atomic mass is 10.1. The highest BCUT2D eigenvalue weighted by atomic mass is 32.1. The first kappa shape index (κ1) is 19.1. The van der Waals surface area contributed by atoms with Crippen LogP contribution in [-0.4, -0.2) is 20.6 Å². The Morgan fingerprint density at radius 2 is 2.03 bits per heavy atom. The first-order chi connectivity index (χ1) is 14.0. The van der Waals surface area contributed by atoms with E-state index in [0.717, 1.165) is 28.6 Å². The summed E-state index contributed by atoms with van der Waals surface area (Å²) in [5.41, 5.74) is 1.75. The molecule has 2 aromatic heterocycles. The molecule has 0 unspecified atom stereocenters. The topological polar surface area (TPSA) is 84.2 Å². The molecule has 0 spiro atoms. The lowest BCUT2D eigenvalue weighted by Gasteiger charge is -2.14. The number of para-hydroxylation sites is 1. The predicted octanol–water partition coefficient (Wildman–Crippen LogP) is 4.68. The standard InChI is InChI=1S/C22H21N3O3S/c1-3-4-11-25-16-8-6-5-7-14(16)19(26)18(21(25)28)20(27)24-22-23-15-10-9-13(2)12-17(15)29-22/h5-10,12,26H,3-4,11H2,1-2H3,(H,23,24,27). The number of aromatic nitrogens is 2. The normalized spacial score (nSPS) is 11.2. The van der Waals surface area contributed by atoms with Crippen molar-refractivity contribution in [1.29, 1.82) is 0 Å². The van der Waals surface area contributed by atoms with Crippen molar-refractivity contribution < 1.29 is 9.90 Å². The van der Waals surface area contributed by atoms with Gasteiger partial charge in [-0.25, -0.2) is 4.98 Å². The van der Waals surface area contributed by atoms with Crippen LogP contribution >= 0.6 is 11.3 Å². The number of anilines is 1. The lowest BCUT2D eigenvalue weighted by Crippen LogP contribution is -2.30. The summed E-state index contributed by atoms with van der Waals surface area (Å²) in [6.45, 7) is 4.51. The average molecular weight is 407 g/mol. The van der Waals surface area contributed by atoms with E-state index >= 15 is 0 Å². The Kier molecular flexibility index (Phi) is 5.07. The highest BCUT2D eigenvalue weighted by molar-refractivity contribution is 7.22. The van der Waals surface area contributed by atoms with Crippen LogP contribution in [0.25, 0.3) is 21.1 Å². The number of carbonyl (C=O) groups excluding carboxylic acids is 1. The number of amides is 1. The van der Waals surface area contributed by atoms with Crippen LogP contribution < -0.4 is 10.9 Å². The van der Waals surface area contributed by atoms with Gasteiger partial charge in [0.25, 0.3) is 11.5 Å². The first-order valence-corrected chi connectivity index (χ1v) is 10.3. The summed E-state index contributed by atoms with van der Waals surface area (Å²) in [7, 11) is 0. The molecule has 4 aromatic rings. The number of hydrogen-bond donors (Lipinski definition) is 2. The van der Waals surface area contributed by atoms with Crippen LogP contribution in [0.15, 0.2) is 47.3 Å². The fraction of sp³-hybridized carbons (Fsp3) is 0.227. The Hall–Kier alpha value is -3.19. The minimum atomic E-state index is -0.653. The van der Waals surface area contributed by atoms with E-state index in [4.69, 9.17) is 0 Å². The number of unbranched alkanes of at least 4 members (excludes halogenated alkanes) is 1. The zero-order chi connectivity index (χ0) is 20.5. The van der Waals surface area contributed by atoms with Gasteiger partial charge in [0, 0.05) is 11.9 Å². The van der Waals surface area contributed by atoms with E-state index in [9.17, 15) is 14.7 Å². The van der Waals surface area contributed by atoms with Crippen molar-refractivity contribution in [2.45, 2.75) is 33.2 Å². The largest absolute Gasteiger partial charge is 0.506 e. The predicted molar refractivity (Wildman–Crippen MR) is 117 cm³/mol. The molecule has 0 saturated heterocycles. The van der Waals surface area contributed by atoms with Gasteiger partial charge in [-0.15, -0.1) is 0 Å². The van der Waals surface area contributed by atoms with Gasteiger partial charge >= 0.3 is 0 Å². The summed E-state index contributed by atoms with van der Waals surface area (Å²) in [6, 6.07) is 12.9. The summed E-state index contributed by atoms with van der Waals surface area (Å²) < 4.78 is 2.51. The quantitative estimate of drug-likeness (QED) is 0.503. The number of aromatic hydroxyl groups is 1. The van der Waals surface area contributed by atoms with Gasteiger partial charge < -0.3 is 9.67 Å². The monoisotopic (exact) mass is 407 g/mol. The van der Waals surface area contributed by atoms with E-state index in [0.29, 0.717) is 22.6 Å². The molecule has 0 aliphatic carbocycles. The molecule has 2 aromatic carbocycles. The number of carbonyl (C=O) groups is 1. The van der Waals surface area contributed by atoms with Gasteiger partial charge in [0.15, 0.2) is 5.13 Å². The maximum Gasteiger partial charge on any atom is 0.267 e. The van der Waals surface area contributed by atoms with Crippen LogP contribution in [0.2, 0.25) is 0 Å². The molecular weight excluding hydrogens is 386 g/mol. The molecule has 148 valence electrons. The number of benzene rings is 2. The highest BCUT2D eigenvalue weighted by Gasteiger charge is 2.23. The van der Waals surface area contributed by atoms with Crippen molar-refractivity contribution in [1.82, 2.24) is 9.55 Å². The summed E-state index contributed by atoms with van der Waals surface area (Å²) in [6.07, 6.45) is 1.71. The van der Waals surface area contributed by atoms with Crippen LogP contribution in [0.3, 0.4) is 0 Å². The summed E-state index contributed by atoms with van der Waals surface area (Å²) in [5, 5.41) is 14.3. The Balaban J connectivity index is 1.79. The second-order valence-electron chi connectivity index (χ2n) is 7.00. The third-order valence-electron chi connectivity index (χ3n) is 4.87. The molecule has 0 aliphatic rings. The van der Waals surface area contributed by atoms with Gasteiger partial charge in [0.2, 0.25) is 0 Å². The molecule has 2 heterocycles. The Labute approximate surface area is 171 Å². The van der Waals surface area contributed by atoms with Crippen molar-refractivity contribution in [3.05, 3.63) is 63.9 Å². The van der Waals surface area contributed by atoms with Gasteiger partial charge in [-0.05, 0) is 43.2 Å². The summed E-state index contributed by atoms with van der Waals surface area (Å²) in [4.78, 5) is 30.4. The Morgan fingerprint density at radius 1 is 1.24 bits per heavy atom. The molecule has 0 radical (unpaired) electrons. The fourth-order valence-electron chi connectivity index (χ4n) is 3.38. The Bertz CT molecular complexity index is 1290. The van der Waals surface area contributed by atoms with Crippen LogP contribution in [0.1, 0.15) is 35.7 Å². The summed E-state index contributed by atoms with van der Waals surface area (Å²) >= 11 is 1.33. The maximum atomic E-state index is 13.1. The van der Waals surface area contributed by atoms with Crippen molar-refractivity contribution in [3.63, 3.8) is 0 Å². The van der Waals surface area contributed by atoms with E-state index in [2.05, 4.69) is 10.3 Å². The highest BCUT2D eigenvalue weighted by Crippen LogP contribution is 2.29. The van der Waals surface area contributed by atoms with Gasteiger partial charge in [0.05, 0.1) is 15.7 Å². The molecule has 0 fully saturated rings. The second kappa shape index (κ2) is 7.67. The average Bonchev–Trinajstić information content (AvgIpc) is 3.09. The van der Waals surface area contributed by atoms with Gasteiger partial charge in [-0.2, -0.15) is 0 Å². The minimum absolute atomic E-state index is 0.254. The number of nitrogens with zero attached hydrogens (tertiary/aromatic N) is 2. The molecule has 0 aliphatic heterocycles. The molecule has 0 saturated carbocycles. The second-order valence-corrected chi connectivity index (χ2v) is 8.03. The van der Waals surface area contributed by atoms with Crippen LogP contribution in [0.5, 0.6) is 5.75 Å². The molecule has 1 amide bonds. The van der Waals surface area contributed by atoms with E-state index in [1.54, 1.807) is 22.8 Å². The first-order valence-electron chi connectivity index (χ1n) is 9.52. The van der Waals surface area contributed by atoms with E-state index in [-0.39, 0.29) is 11.3 Å². The van der Waals surface area contributed by atoms with Gasteiger partial charge in [-0.1, -0.05) is 42.9 Å². The molecule has 6 nitrogen and oxygen atoms in total. The third kappa shape index (κ3) is 3.49. The number of thiazole rings is 1. The molecule has 29 heavy (non-hydrogen) atoms. The molecule has 0 bridgehead atoms. The van der Waals surface area contributed by atoms with Gasteiger partial charge in [-0.3, -0.25) is 14.9 Å². The van der Waals surface area contributed by atoms with Crippen molar-refractivity contribution in [2.24, 2.45) is 0 Å². The molecule has 0 atom stereocenters. The number of nitrogens with one attached hydrogen (secondary N) is 1. The number of pyridine rings is 1. The van der Waals surface area contributed by atoms with E-state index < -0.39 is 11.5 Å². The smallest absolute Gasteiger partial charge is 0.267 e. The van der Waals surface area contributed by atoms with Crippen LogP contribution in [-0.2, 0) is 6.54 Å². The molecule has 7 heteroatoms. The Morgan fingerprint density at radius 3 is 2.83 bits per heavy atom. The van der Waals surface area contributed by atoms with Gasteiger partial charge in [0.1, 0.15) is 11.3 Å². The van der Waals surface area contributed by atoms with Crippen LogP contribution in [0, 0.1) is 6.92 Å². The zero-order valence-corrected chi connectivity index (χ0v) is 17.0. The lowest BCUT2D eigenvalue weighted by molar-refractivity contribution is 0.102. The number of aryl methyl sites for hydroxylation is 2. The fourth-order valence-corrected chi connectivity index (χ4v) is 4.34. The van der Waals surface area contributed by atoms with Crippen molar-refractivity contribution >= 4 is 43.5 Å². The number of hydrogen-bond acceptors (Lipinski definition) is 5. The molecule has 4 rings (SSSR count). The molecular formula is C22H21N3O3S.